The Balaban J connectivity index is 1.11. The van der Waals surface area contributed by atoms with Gasteiger partial charge in [0.05, 0.1) is 25.4 Å². The summed E-state index contributed by atoms with van der Waals surface area (Å²) in [7, 11) is 0. The van der Waals surface area contributed by atoms with E-state index in [2.05, 4.69) is 67.5 Å². The van der Waals surface area contributed by atoms with Crippen LogP contribution in [0.4, 0.5) is 0 Å². The normalized spacial score (nSPS) is 52.5. The lowest BCUT2D eigenvalue weighted by Crippen LogP contribution is -2.65. The van der Waals surface area contributed by atoms with Crippen molar-refractivity contribution in [2.75, 3.05) is 13.2 Å². The summed E-state index contributed by atoms with van der Waals surface area (Å²) in [6.07, 6.45) is 4.21. The van der Waals surface area contributed by atoms with Crippen molar-refractivity contribution in [1.82, 2.24) is 0 Å². The van der Waals surface area contributed by atoms with E-state index in [-0.39, 0.29) is 28.6 Å². The zero-order valence-corrected chi connectivity index (χ0v) is 33.2. The molecule has 5 fully saturated rings. The van der Waals surface area contributed by atoms with Crippen LogP contribution in [0.3, 0.4) is 0 Å². The third-order valence-corrected chi connectivity index (χ3v) is 18.2. The van der Waals surface area contributed by atoms with Gasteiger partial charge in [-0.2, -0.15) is 0 Å². The van der Waals surface area contributed by atoms with Gasteiger partial charge in [0.2, 0.25) is 0 Å². The lowest BCUT2D eigenvalue weighted by Gasteiger charge is -2.71. The van der Waals surface area contributed by atoms with E-state index in [9.17, 15) is 40.9 Å². The van der Waals surface area contributed by atoms with Crippen molar-refractivity contribution in [3.63, 3.8) is 0 Å². The Morgan fingerprint density at radius 2 is 1.35 bits per heavy atom. The first-order valence-electron chi connectivity index (χ1n) is 20.5. The largest absolute Gasteiger partial charge is 0.393 e. The van der Waals surface area contributed by atoms with Crippen LogP contribution in [-0.4, -0.2) is 108 Å². The minimum atomic E-state index is -2.26. The number of nitrogens with two attached hydrogens (primary N) is 1. The number of ether oxygens (including phenoxy) is 1. The Morgan fingerprint density at radius 3 is 1.96 bits per heavy atom. The van der Waals surface area contributed by atoms with E-state index in [1.807, 2.05) is 0 Å². The smallest absolute Gasteiger partial charge is 0.144 e. The molecular formula is C42H73NO9. The van der Waals surface area contributed by atoms with Gasteiger partial charge in [-0.1, -0.05) is 67.5 Å². The number of hydrogen-bond donors (Lipinski definition) is 9. The maximum Gasteiger partial charge on any atom is 0.144 e. The maximum atomic E-state index is 11.2. The van der Waals surface area contributed by atoms with Gasteiger partial charge in [-0.05, 0) is 126 Å². The summed E-state index contributed by atoms with van der Waals surface area (Å²) >= 11 is 0. The van der Waals surface area contributed by atoms with Gasteiger partial charge in [0.25, 0.3) is 0 Å². The van der Waals surface area contributed by atoms with E-state index < -0.39 is 67.6 Å². The van der Waals surface area contributed by atoms with E-state index in [1.165, 1.54) is 32.1 Å². The maximum absolute atomic E-state index is 11.2. The SMILES string of the molecule is CC(CC(O)C(O)C(O)C(O)COC1C(N)C(O)C(O)C1(O)CO)C1CCC2(C)C1CCC1(C)C2C=CC2C3(C)CCC(C)C(C)(C)C3CCC21C. The Morgan fingerprint density at radius 1 is 0.788 bits per heavy atom. The van der Waals surface area contributed by atoms with Crippen molar-refractivity contribution in [2.24, 2.45) is 74.2 Å². The second-order valence-corrected chi connectivity index (χ2v) is 20.6. The van der Waals surface area contributed by atoms with Crippen LogP contribution >= 0.6 is 0 Å². The minimum absolute atomic E-state index is 0.0807. The van der Waals surface area contributed by atoms with Gasteiger partial charge in [-0.25, -0.2) is 0 Å². The molecule has 0 aliphatic heterocycles. The molecule has 6 rings (SSSR count). The molecule has 0 saturated heterocycles. The summed E-state index contributed by atoms with van der Waals surface area (Å²) in [5.41, 5.74) is 4.88. The van der Waals surface area contributed by atoms with Gasteiger partial charge in [-0.3, -0.25) is 0 Å². The monoisotopic (exact) mass is 736 g/mol. The van der Waals surface area contributed by atoms with Crippen molar-refractivity contribution >= 4 is 0 Å². The summed E-state index contributed by atoms with van der Waals surface area (Å²) < 4.78 is 5.48. The fourth-order valence-corrected chi connectivity index (χ4v) is 14.4. The molecule has 0 radical (unpaired) electrons. The highest BCUT2D eigenvalue weighted by Gasteiger charge is 2.69. The molecule has 52 heavy (non-hydrogen) atoms. The molecule has 20 unspecified atom stereocenters. The zero-order valence-electron chi connectivity index (χ0n) is 33.2. The average molecular weight is 736 g/mol. The number of aliphatic hydroxyl groups is 8. The van der Waals surface area contributed by atoms with E-state index in [1.54, 1.807) is 0 Å². The average Bonchev–Trinajstić information content (AvgIpc) is 3.52. The number of aliphatic hydroxyl groups excluding tert-OH is 7. The molecule has 10 N–H and O–H groups in total. The van der Waals surface area contributed by atoms with Gasteiger partial charge in [0.15, 0.2) is 0 Å². The summed E-state index contributed by atoms with van der Waals surface area (Å²) in [5, 5.41) is 84.2. The summed E-state index contributed by atoms with van der Waals surface area (Å²) in [6, 6.07) is -1.26. The van der Waals surface area contributed by atoms with Crippen LogP contribution in [0.15, 0.2) is 12.2 Å². The van der Waals surface area contributed by atoms with Gasteiger partial charge < -0.3 is 51.3 Å². The Hall–Kier alpha value is -0.660. The number of fused-ring (bicyclic) bond motifs is 7. The molecule has 0 spiro atoms. The van der Waals surface area contributed by atoms with Crippen LogP contribution in [0, 0.1) is 68.5 Å². The molecule has 0 aromatic heterocycles. The number of hydrogen-bond acceptors (Lipinski definition) is 10. The summed E-state index contributed by atoms with van der Waals surface area (Å²) in [4.78, 5) is 0. The first-order valence-corrected chi connectivity index (χ1v) is 20.5. The standard InChI is InChI=1S/C42H73NO9/c1-22(19-26(45)32(47)33(48)27(46)20-52-36-31(43)34(49)35(50)42(36,51)21-44)24-12-16-38(5)25(24)13-17-40(7)29(38)9-10-30-39(6)15-11-23(2)37(3,4)28(39)14-18-41(30,40)8/h9-10,22-36,44-51H,11-21,43H2,1-8H3. The fraction of sp³-hybridized carbons (Fsp3) is 0.952. The number of rotatable bonds is 10. The number of allylic oxidation sites excluding steroid dienone is 2. The van der Waals surface area contributed by atoms with Crippen LogP contribution in [0.1, 0.15) is 113 Å². The van der Waals surface area contributed by atoms with Crippen LogP contribution in [0.2, 0.25) is 0 Å². The van der Waals surface area contributed by atoms with Crippen molar-refractivity contribution in [2.45, 2.75) is 168 Å². The third-order valence-electron chi connectivity index (χ3n) is 18.2. The van der Waals surface area contributed by atoms with Crippen LogP contribution in [0.5, 0.6) is 0 Å². The molecule has 6 aliphatic carbocycles. The summed E-state index contributed by atoms with van der Waals surface area (Å²) in [6.45, 7) is 18.5. The third kappa shape index (κ3) is 5.77. The van der Waals surface area contributed by atoms with Gasteiger partial charge >= 0.3 is 0 Å². The van der Waals surface area contributed by atoms with Crippen molar-refractivity contribution in [1.29, 1.82) is 0 Å². The molecule has 0 bridgehead atoms. The van der Waals surface area contributed by atoms with Crippen LogP contribution in [-0.2, 0) is 4.74 Å². The first-order chi connectivity index (χ1) is 24.1. The Bertz CT molecular complexity index is 1330. The van der Waals surface area contributed by atoms with Crippen LogP contribution < -0.4 is 5.73 Å². The Labute approximate surface area is 312 Å². The molecule has 10 heteroatoms. The van der Waals surface area contributed by atoms with E-state index in [0.29, 0.717) is 34.5 Å². The molecule has 5 saturated carbocycles. The highest BCUT2D eigenvalue weighted by Crippen LogP contribution is 2.77. The predicted octanol–water partition coefficient (Wildman–Crippen LogP) is 3.14. The van der Waals surface area contributed by atoms with Gasteiger partial charge in [0.1, 0.15) is 42.2 Å². The van der Waals surface area contributed by atoms with Crippen molar-refractivity contribution < 1.29 is 45.6 Å². The predicted molar refractivity (Wildman–Crippen MR) is 198 cm³/mol. The fourth-order valence-electron chi connectivity index (χ4n) is 14.4. The molecule has 10 nitrogen and oxygen atoms in total. The van der Waals surface area contributed by atoms with Gasteiger partial charge in [0, 0.05) is 0 Å². The van der Waals surface area contributed by atoms with Gasteiger partial charge in [-0.15, -0.1) is 0 Å². The summed E-state index contributed by atoms with van der Waals surface area (Å²) in [5.74, 6) is 3.50. The van der Waals surface area contributed by atoms with E-state index >= 15 is 0 Å². The lowest BCUT2D eigenvalue weighted by molar-refractivity contribution is -0.206. The molecule has 6 aliphatic rings. The molecule has 0 heterocycles. The highest BCUT2D eigenvalue weighted by molar-refractivity contribution is 5.27. The quantitative estimate of drug-likeness (QED) is 0.150. The van der Waals surface area contributed by atoms with E-state index in [4.69, 9.17) is 10.5 Å². The molecule has 0 amide bonds. The lowest BCUT2D eigenvalue weighted by atomic mass is 9.33. The minimum Gasteiger partial charge on any atom is -0.393 e. The first kappa shape index (κ1) is 41.0. The van der Waals surface area contributed by atoms with Crippen LogP contribution in [0.25, 0.3) is 0 Å². The Kier molecular flexibility index (Phi) is 10.9. The molecule has 300 valence electrons. The molecule has 0 aromatic carbocycles. The zero-order chi connectivity index (χ0) is 38.6. The molecular weight excluding hydrogens is 662 g/mol. The highest BCUT2D eigenvalue weighted by atomic mass is 16.5. The second-order valence-electron chi connectivity index (χ2n) is 20.6. The molecule has 0 aromatic rings. The second kappa shape index (κ2) is 13.8. The topological polar surface area (TPSA) is 197 Å². The molecule has 20 atom stereocenters. The van der Waals surface area contributed by atoms with Crippen molar-refractivity contribution in [3.8, 4) is 0 Å². The van der Waals surface area contributed by atoms with E-state index in [0.717, 1.165) is 31.1 Å². The van der Waals surface area contributed by atoms with Crippen molar-refractivity contribution in [3.05, 3.63) is 12.2 Å².